The topological polar surface area (TPSA) is 78.5 Å². The van der Waals surface area contributed by atoms with Crippen molar-refractivity contribution in [2.24, 2.45) is 11.8 Å². The second-order valence-electron chi connectivity index (χ2n) is 6.59. The van der Waals surface area contributed by atoms with E-state index in [1.165, 1.54) is 0 Å². The van der Waals surface area contributed by atoms with Crippen LogP contribution in [0.4, 0.5) is 23.2 Å². The van der Waals surface area contributed by atoms with Gasteiger partial charge >= 0.3 is 0 Å². The van der Waals surface area contributed by atoms with Gasteiger partial charge in [0.05, 0.1) is 11.8 Å². The molecule has 6 nitrogen and oxygen atoms in total. The highest BCUT2D eigenvalue weighted by Crippen LogP contribution is 2.37. The van der Waals surface area contributed by atoms with Crippen LogP contribution in [0.3, 0.4) is 0 Å². The number of rotatable bonds is 5. The van der Waals surface area contributed by atoms with E-state index in [9.17, 15) is 31.9 Å². The Balaban J connectivity index is 1.57. The number of carbonyl (C=O) groups excluding carboxylic acids is 3. The van der Waals surface area contributed by atoms with E-state index >= 15 is 0 Å². The summed E-state index contributed by atoms with van der Waals surface area (Å²) in [6, 6.07) is 0.0434. The van der Waals surface area contributed by atoms with Gasteiger partial charge in [0, 0.05) is 19.0 Å². The Morgan fingerprint density at radius 3 is 2.04 bits per heavy atom. The summed E-state index contributed by atoms with van der Waals surface area (Å²) >= 11 is 0. The normalized spacial score (nSPS) is 22.0. The molecule has 0 bridgehead atoms. The van der Waals surface area contributed by atoms with Gasteiger partial charge in [0.15, 0.2) is 23.3 Å². The molecule has 1 heterocycles. The lowest BCUT2D eigenvalue weighted by Gasteiger charge is -2.19. The van der Waals surface area contributed by atoms with Gasteiger partial charge in [-0.1, -0.05) is 12.8 Å². The Hall–Kier alpha value is -2.65. The number of imide groups is 1. The molecule has 146 valence electrons. The third-order valence-corrected chi connectivity index (χ3v) is 4.93. The van der Waals surface area contributed by atoms with Gasteiger partial charge in [0.1, 0.15) is 5.69 Å². The molecule has 1 aromatic rings. The van der Waals surface area contributed by atoms with E-state index in [0.717, 1.165) is 17.7 Å². The van der Waals surface area contributed by atoms with Crippen molar-refractivity contribution in [3.05, 3.63) is 29.3 Å². The Kier molecular flexibility index (Phi) is 5.33. The SMILES string of the molecule is O=C(CCN1C(=O)[C@H]2CCCC[C@H]2C1=O)NNc1c(F)c(F)cc(F)c1F. The second-order valence-corrected chi connectivity index (χ2v) is 6.59. The van der Waals surface area contributed by atoms with Crippen molar-refractivity contribution in [2.75, 3.05) is 12.0 Å². The van der Waals surface area contributed by atoms with Crippen molar-refractivity contribution < 1.29 is 31.9 Å². The molecular weight excluding hydrogens is 370 g/mol. The fourth-order valence-electron chi connectivity index (χ4n) is 3.54. The number of halogens is 4. The fraction of sp³-hybridized carbons (Fsp3) is 0.471. The predicted molar refractivity (Wildman–Crippen MR) is 84.8 cm³/mol. The summed E-state index contributed by atoms with van der Waals surface area (Å²) in [5.41, 5.74) is 2.51. The van der Waals surface area contributed by atoms with E-state index in [4.69, 9.17) is 0 Å². The monoisotopic (exact) mass is 387 g/mol. The van der Waals surface area contributed by atoms with Crippen LogP contribution in [0, 0.1) is 35.1 Å². The standard InChI is InChI=1S/C17H17F4N3O3/c18-10-7-11(19)14(21)15(13(10)20)23-22-12(25)5-6-24-16(26)8-3-1-2-4-9(8)17(24)27/h7-9,23H,1-6H2,(H,22,25)/t8-,9+. The van der Waals surface area contributed by atoms with E-state index in [2.05, 4.69) is 0 Å². The molecule has 2 N–H and O–H groups in total. The zero-order chi connectivity index (χ0) is 19.7. The van der Waals surface area contributed by atoms with Gasteiger partial charge in [-0.25, -0.2) is 17.6 Å². The van der Waals surface area contributed by atoms with E-state index in [0.29, 0.717) is 12.8 Å². The first kappa shape index (κ1) is 19.1. The summed E-state index contributed by atoms with van der Waals surface area (Å²) in [5.74, 6) is -8.75. The molecule has 1 aliphatic heterocycles. The first-order valence-corrected chi connectivity index (χ1v) is 8.54. The number of nitrogens with one attached hydrogen (secondary N) is 2. The van der Waals surface area contributed by atoms with Crippen LogP contribution < -0.4 is 10.9 Å². The summed E-state index contributed by atoms with van der Waals surface area (Å²) in [6.07, 6.45) is 2.71. The van der Waals surface area contributed by atoms with Gasteiger partial charge in [-0.3, -0.25) is 30.1 Å². The molecule has 1 aliphatic carbocycles. The summed E-state index contributed by atoms with van der Waals surface area (Å²) in [7, 11) is 0. The van der Waals surface area contributed by atoms with Gasteiger partial charge in [-0.05, 0) is 12.8 Å². The van der Waals surface area contributed by atoms with E-state index < -0.39 is 34.9 Å². The third kappa shape index (κ3) is 3.60. The van der Waals surface area contributed by atoms with Gasteiger partial charge in [0.2, 0.25) is 17.7 Å². The molecule has 0 spiro atoms. The van der Waals surface area contributed by atoms with Gasteiger partial charge in [-0.2, -0.15) is 0 Å². The number of likely N-dealkylation sites (tertiary alicyclic amines) is 1. The van der Waals surface area contributed by atoms with Crippen molar-refractivity contribution in [3.63, 3.8) is 0 Å². The quantitative estimate of drug-likeness (QED) is 0.352. The maximum atomic E-state index is 13.5. The number of anilines is 1. The van der Waals surface area contributed by atoms with Crippen molar-refractivity contribution in [2.45, 2.75) is 32.1 Å². The number of hydrogen-bond acceptors (Lipinski definition) is 4. The highest BCUT2D eigenvalue weighted by Gasteiger charge is 2.47. The first-order valence-electron chi connectivity index (χ1n) is 8.54. The number of amides is 3. The zero-order valence-corrected chi connectivity index (χ0v) is 14.2. The van der Waals surface area contributed by atoms with Crippen LogP contribution in [-0.4, -0.2) is 29.2 Å². The average molecular weight is 387 g/mol. The summed E-state index contributed by atoms with van der Waals surface area (Å²) in [5, 5.41) is 0. The fourth-order valence-corrected chi connectivity index (χ4v) is 3.54. The van der Waals surface area contributed by atoms with E-state index in [-0.39, 0.29) is 42.7 Å². The largest absolute Gasteiger partial charge is 0.293 e. The molecule has 2 atom stereocenters. The molecule has 3 rings (SSSR count). The third-order valence-electron chi connectivity index (χ3n) is 4.93. The molecule has 1 aromatic carbocycles. The number of hydrogen-bond donors (Lipinski definition) is 2. The number of carbonyl (C=O) groups is 3. The predicted octanol–water partition coefficient (Wildman–Crippen LogP) is 2.25. The molecule has 10 heteroatoms. The maximum Gasteiger partial charge on any atom is 0.240 e. The minimum Gasteiger partial charge on any atom is -0.293 e. The Morgan fingerprint density at radius 2 is 1.52 bits per heavy atom. The van der Waals surface area contributed by atoms with Crippen molar-refractivity contribution in [3.8, 4) is 0 Å². The van der Waals surface area contributed by atoms with Crippen LogP contribution in [0.2, 0.25) is 0 Å². The van der Waals surface area contributed by atoms with E-state index in [1.807, 2.05) is 5.43 Å². The average Bonchev–Trinajstić information content (AvgIpc) is 2.89. The molecule has 2 aliphatic rings. The second kappa shape index (κ2) is 7.53. The van der Waals surface area contributed by atoms with Crippen molar-refractivity contribution >= 4 is 23.4 Å². The number of benzene rings is 1. The molecule has 1 saturated carbocycles. The minimum absolute atomic E-state index is 0.0434. The van der Waals surface area contributed by atoms with Crippen LogP contribution >= 0.6 is 0 Å². The lowest BCUT2D eigenvalue weighted by Crippen LogP contribution is -2.37. The van der Waals surface area contributed by atoms with E-state index in [1.54, 1.807) is 5.43 Å². The molecule has 2 fully saturated rings. The van der Waals surface area contributed by atoms with Crippen LogP contribution in [-0.2, 0) is 14.4 Å². The highest BCUT2D eigenvalue weighted by atomic mass is 19.2. The molecule has 0 aromatic heterocycles. The number of fused-ring (bicyclic) bond motifs is 1. The van der Waals surface area contributed by atoms with Crippen LogP contribution in [0.15, 0.2) is 6.07 Å². The summed E-state index contributed by atoms with van der Waals surface area (Å²) in [6.45, 7) is -0.180. The molecule has 0 radical (unpaired) electrons. The van der Waals surface area contributed by atoms with Crippen molar-refractivity contribution in [1.29, 1.82) is 0 Å². The van der Waals surface area contributed by atoms with Gasteiger partial charge < -0.3 is 0 Å². The lowest BCUT2D eigenvalue weighted by atomic mass is 9.81. The smallest absolute Gasteiger partial charge is 0.240 e. The molecular formula is C17H17F4N3O3. The first-order chi connectivity index (χ1) is 12.8. The molecule has 1 saturated heterocycles. The molecule has 27 heavy (non-hydrogen) atoms. The maximum absolute atomic E-state index is 13.5. The minimum atomic E-state index is -1.69. The van der Waals surface area contributed by atoms with Gasteiger partial charge in [0.25, 0.3) is 0 Å². The van der Waals surface area contributed by atoms with Gasteiger partial charge in [-0.15, -0.1) is 0 Å². The number of nitrogens with zero attached hydrogens (tertiary/aromatic N) is 1. The zero-order valence-electron chi connectivity index (χ0n) is 14.2. The molecule has 0 unspecified atom stereocenters. The molecule has 3 amide bonds. The summed E-state index contributed by atoms with van der Waals surface area (Å²) in [4.78, 5) is 37.4. The highest BCUT2D eigenvalue weighted by molar-refractivity contribution is 6.05. The number of hydrazine groups is 1. The van der Waals surface area contributed by atoms with Crippen LogP contribution in [0.1, 0.15) is 32.1 Å². The summed E-state index contributed by atoms with van der Waals surface area (Å²) < 4.78 is 53.2. The Labute approximate surface area is 151 Å². The Bertz CT molecular complexity index is 752. The van der Waals surface area contributed by atoms with Crippen LogP contribution in [0.25, 0.3) is 0 Å². The lowest BCUT2D eigenvalue weighted by molar-refractivity contribution is -0.140. The van der Waals surface area contributed by atoms with Crippen LogP contribution in [0.5, 0.6) is 0 Å². The van der Waals surface area contributed by atoms with Crippen molar-refractivity contribution in [1.82, 2.24) is 10.3 Å². The Morgan fingerprint density at radius 1 is 1.00 bits per heavy atom.